The van der Waals surface area contributed by atoms with Crippen molar-refractivity contribution in [3.05, 3.63) is 100 Å². The lowest BCUT2D eigenvalue weighted by molar-refractivity contribution is -0.0189. The fourth-order valence-electron chi connectivity index (χ4n) is 4.18. The first-order valence-electron chi connectivity index (χ1n) is 10.6. The standard InChI is InChI=1S/C26H22Cl2N2O3/c1-3-12-32-20-10-6-17(7-11-20)26-30-24(21-13-18(27)14-22(28)25(21)33-26)15-23(29-30)16-4-8-19(31-2)9-5-16/h3-11,13-14,24,26H,1,12,15H2,2H3/t24-,26+/m1/s1. The molecular formula is C26H22Cl2N2O3. The molecule has 5 nitrogen and oxygen atoms in total. The second-order valence-electron chi connectivity index (χ2n) is 7.82. The summed E-state index contributed by atoms with van der Waals surface area (Å²) in [6, 6.07) is 19.3. The Morgan fingerprint density at radius 3 is 2.52 bits per heavy atom. The monoisotopic (exact) mass is 480 g/mol. The van der Waals surface area contributed by atoms with Gasteiger partial charge in [0.25, 0.3) is 0 Å². The van der Waals surface area contributed by atoms with Gasteiger partial charge < -0.3 is 14.2 Å². The SMILES string of the molecule is C=CCOc1ccc([C@@H]2Oc3c(Cl)cc(Cl)cc3[C@H]3CC(c4ccc(OC)cc4)=NN32)cc1. The summed E-state index contributed by atoms with van der Waals surface area (Å²) in [7, 11) is 1.66. The minimum absolute atomic E-state index is 0.0521. The number of halogens is 2. The van der Waals surface area contributed by atoms with E-state index in [0.29, 0.717) is 28.8 Å². The van der Waals surface area contributed by atoms with Crippen molar-refractivity contribution in [1.29, 1.82) is 0 Å². The van der Waals surface area contributed by atoms with Crippen molar-refractivity contribution in [2.24, 2.45) is 5.10 Å². The second-order valence-corrected chi connectivity index (χ2v) is 8.66. The van der Waals surface area contributed by atoms with E-state index in [0.717, 1.165) is 33.9 Å². The first-order valence-corrected chi connectivity index (χ1v) is 11.3. The fourth-order valence-corrected chi connectivity index (χ4v) is 4.73. The number of rotatable bonds is 6. The van der Waals surface area contributed by atoms with Crippen LogP contribution in [-0.4, -0.2) is 24.4 Å². The van der Waals surface area contributed by atoms with Crippen LogP contribution in [0.5, 0.6) is 17.2 Å². The first-order chi connectivity index (χ1) is 16.1. The van der Waals surface area contributed by atoms with E-state index in [1.165, 1.54) is 0 Å². The molecule has 0 unspecified atom stereocenters. The average Bonchev–Trinajstić information content (AvgIpc) is 3.29. The zero-order valence-electron chi connectivity index (χ0n) is 18.0. The van der Waals surface area contributed by atoms with E-state index in [-0.39, 0.29) is 6.04 Å². The third-order valence-electron chi connectivity index (χ3n) is 5.76. The molecule has 3 aromatic rings. The summed E-state index contributed by atoms with van der Waals surface area (Å²) < 4.78 is 17.3. The summed E-state index contributed by atoms with van der Waals surface area (Å²) in [5.74, 6) is 2.21. The highest BCUT2D eigenvalue weighted by Gasteiger charge is 2.42. The van der Waals surface area contributed by atoms with Gasteiger partial charge in [-0.05, 0) is 66.2 Å². The van der Waals surface area contributed by atoms with Crippen molar-refractivity contribution >= 4 is 28.9 Å². The van der Waals surface area contributed by atoms with Crippen LogP contribution < -0.4 is 14.2 Å². The Morgan fingerprint density at radius 1 is 1.09 bits per heavy atom. The molecule has 5 rings (SSSR count). The molecule has 7 heteroatoms. The normalized spacial score (nSPS) is 18.6. The fraction of sp³-hybridized carbons (Fsp3) is 0.192. The van der Waals surface area contributed by atoms with E-state index in [1.807, 2.05) is 59.6 Å². The minimum atomic E-state index is -0.439. The van der Waals surface area contributed by atoms with Gasteiger partial charge in [0.15, 0.2) is 0 Å². The number of methoxy groups -OCH3 is 1. The lowest BCUT2D eigenvalue weighted by atomic mass is 9.96. The number of benzene rings is 3. The number of hydrazone groups is 1. The van der Waals surface area contributed by atoms with Crippen LogP contribution in [0, 0.1) is 0 Å². The molecule has 0 spiro atoms. The van der Waals surface area contributed by atoms with E-state index in [4.69, 9.17) is 42.5 Å². The van der Waals surface area contributed by atoms with Crippen LogP contribution >= 0.6 is 23.2 Å². The van der Waals surface area contributed by atoms with Gasteiger partial charge >= 0.3 is 0 Å². The van der Waals surface area contributed by atoms with Crippen LogP contribution in [0.1, 0.15) is 35.4 Å². The quantitative estimate of drug-likeness (QED) is 0.363. The van der Waals surface area contributed by atoms with Gasteiger partial charge in [-0.2, -0.15) is 5.10 Å². The largest absolute Gasteiger partial charge is 0.497 e. The van der Waals surface area contributed by atoms with Gasteiger partial charge in [0.2, 0.25) is 6.23 Å². The van der Waals surface area contributed by atoms with Crippen molar-refractivity contribution in [1.82, 2.24) is 5.01 Å². The van der Waals surface area contributed by atoms with Gasteiger partial charge in [-0.1, -0.05) is 35.9 Å². The molecular weight excluding hydrogens is 459 g/mol. The number of hydrogen-bond acceptors (Lipinski definition) is 5. The summed E-state index contributed by atoms with van der Waals surface area (Å²) in [6.07, 6.45) is 1.98. The lowest BCUT2D eigenvalue weighted by Gasteiger charge is -2.38. The van der Waals surface area contributed by atoms with Crippen LogP contribution in [0.4, 0.5) is 0 Å². The summed E-state index contributed by atoms with van der Waals surface area (Å²) in [6.45, 7) is 4.14. The maximum absolute atomic E-state index is 6.55. The molecule has 3 aromatic carbocycles. The van der Waals surface area contributed by atoms with Crippen LogP contribution in [0.25, 0.3) is 0 Å². The smallest absolute Gasteiger partial charge is 0.213 e. The third kappa shape index (κ3) is 4.14. The molecule has 0 saturated carbocycles. The molecule has 168 valence electrons. The minimum Gasteiger partial charge on any atom is -0.497 e. The van der Waals surface area contributed by atoms with Gasteiger partial charge in [0.1, 0.15) is 23.9 Å². The molecule has 2 heterocycles. The highest BCUT2D eigenvalue weighted by Crippen LogP contribution is 2.50. The van der Waals surface area contributed by atoms with Crippen LogP contribution in [-0.2, 0) is 0 Å². The predicted molar refractivity (Wildman–Crippen MR) is 131 cm³/mol. The Bertz CT molecular complexity index is 1210. The molecule has 2 aliphatic rings. The van der Waals surface area contributed by atoms with Crippen molar-refractivity contribution in [2.45, 2.75) is 18.7 Å². The zero-order chi connectivity index (χ0) is 22.9. The van der Waals surface area contributed by atoms with E-state index in [2.05, 4.69) is 6.58 Å². The molecule has 0 bridgehead atoms. The molecule has 0 radical (unpaired) electrons. The Morgan fingerprint density at radius 2 is 1.82 bits per heavy atom. The summed E-state index contributed by atoms with van der Waals surface area (Å²) in [5, 5.41) is 8.03. The van der Waals surface area contributed by atoms with Crippen molar-refractivity contribution in [3.8, 4) is 17.2 Å². The molecule has 33 heavy (non-hydrogen) atoms. The Hall–Kier alpha value is -3.15. The zero-order valence-corrected chi connectivity index (χ0v) is 19.5. The topological polar surface area (TPSA) is 43.3 Å². The molecule has 0 saturated heterocycles. The van der Waals surface area contributed by atoms with Gasteiger partial charge in [0, 0.05) is 22.6 Å². The summed E-state index contributed by atoms with van der Waals surface area (Å²) in [4.78, 5) is 0. The predicted octanol–water partition coefficient (Wildman–Crippen LogP) is 6.81. The maximum Gasteiger partial charge on any atom is 0.213 e. The van der Waals surface area contributed by atoms with E-state index in [9.17, 15) is 0 Å². The molecule has 0 fully saturated rings. The summed E-state index contributed by atoms with van der Waals surface area (Å²) in [5.41, 5.74) is 3.88. The highest BCUT2D eigenvalue weighted by atomic mass is 35.5. The molecule has 0 aromatic heterocycles. The Kier molecular flexibility index (Phi) is 5.92. The van der Waals surface area contributed by atoms with Crippen LogP contribution in [0.2, 0.25) is 10.0 Å². The lowest BCUT2D eigenvalue weighted by Crippen LogP contribution is -2.33. The van der Waals surface area contributed by atoms with Crippen LogP contribution in [0.3, 0.4) is 0 Å². The summed E-state index contributed by atoms with van der Waals surface area (Å²) >= 11 is 12.9. The number of nitrogens with zero attached hydrogens (tertiary/aromatic N) is 2. The van der Waals surface area contributed by atoms with E-state index in [1.54, 1.807) is 19.3 Å². The maximum atomic E-state index is 6.55. The number of ether oxygens (including phenoxy) is 3. The molecule has 2 atom stereocenters. The third-order valence-corrected chi connectivity index (χ3v) is 6.26. The van der Waals surface area contributed by atoms with Gasteiger partial charge in [0.05, 0.1) is 23.9 Å². The van der Waals surface area contributed by atoms with Crippen LogP contribution in [0.15, 0.2) is 78.4 Å². The van der Waals surface area contributed by atoms with Gasteiger partial charge in [-0.15, -0.1) is 0 Å². The first kappa shape index (κ1) is 21.7. The van der Waals surface area contributed by atoms with Crippen molar-refractivity contribution in [3.63, 3.8) is 0 Å². The van der Waals surface area contributed by atoms with E-state index >= 15 is 0 Å². The molecule has 2 aliphatic heterocycles. The Balaban J connectivity index is 1.54. The van der Waals surface area contributed by atoms with Crippen molar-refractivity contribution in [2.75, 3.05) is 13.7 Å². The molecule has 0 N–H and O–H groups in total. The second kappa shape index (κ2) is 9.00. The van der Waals surface area contributed by atoms with Crippen molar-refractivity contribution < 1.29 is 14.2 Å². The highest BCUT2D eigenvalue weighted by molar-refractivity contribution is 6.35. The van der Waals surface area contributed by atoms with Gasteiger partial charge in [-0.3, -0.25) is 0 Å². The molecule has 0 amide bonds. The van der Waals surface area contributed by atoms with Gasteiger partial charge in [-0.25, -0.2) is 5.01 Å². The number of fused-ring (bicyclic) bond motifs is 3. The average molecular weight is 481 g/mol. The number of hydrogen-bond donors (Lipinski definition) is 0. The van der Waals surface area contributed by atoms with E-state index < -0.39 is 6.23 Å². The molecule has 0 aliphatic carbocycles. The Labute approximate surface area is 202 Å².